The van der Waals surface area contributed by atoms with Crippen molar-refractivity contribution in [2.45, 2.75) is 18.4 Å². The molecule has 1 heterocycles. The zero-order valence-electron chi connectivity index (χ0n) is 14.9. The molecule has 0 aliphatic carbocycles. The van der Waals surface area contributed by atoms with Crippen LogP contribution < -0.4 is 10.4 Å². The lowest BCUT2D eigenvalue weighted by atomic mass is 10.0. The van der Waals surface area contributed by atoms with Crippen LogP contribution in [0.3, 0.4) is 0 Å². The molecule has 1 aliphatic heterocycles. The Kier molecular flexibility index (Phi) is 5.83. The van der Waals surface area contributed by atoms with Crippen LogP contribution in [-0.4, -0.2) is 0 Å². The molecule has 3 rings (SSSR count). The number of rotatable bonds is 3. The highest BCUT2D eigenvalue weighted by Crippen LogP contribution is 2.40. The molecular weight excluding hydrogens is 432 g/mol. The van der Waals surface area contributed by atoms with Crippen molar-refractivity contribution in [1.29, 1.82) is 5.26 Å². The summed E-state index contributed by atoms with van der Waals surface area (Å²) in [5, 5.41) is 10.3. The largest absolute Gasteiger partial charge is 0.416 e. The van der Waals surface area contributed by atoms with E-state index in [9.17, 15) is 26.3 Å². The van der Waals surface area contributed by atoms with E-state index in [1.54, 1.807) is 30.3 Å². The number of allylic oxidation sites excluding steroid dienone is 1. The number of hydrogen-bond donors (Lipinski definition) is 1. The van der Waals surface area contributed by atoms with Gasteiger partial charge in [0.05, 0.1) is 28.9 Å². The quantitative estimate of drug-likeness (QED) is 0.440. The molecule has 0 radical (unpaired) electrons. The fraction of sp³-hybridized carbons (Fsp3) is 0.150. The lowest BCUT2D eigenvalue weighted by molar-refractivity contribution is -0.143. The van der Waals surface area contributed by atoms with Crippen LogP contribution in [0.2, 0.25) is 5.02 Å². The Labute approximate surface area is 172 Å². The molecule has 0 saturated heterocycles. The van der Waals surface area contributed by atoms with Crippen molar-refractivity contribution in [3.8, 4) is 6.07 Å². The molecule has 1 N–H and O–H groups in total. The summed E-state index contributed by atoms with van der Waals surface area (Å²) in [6, 6.07) is 9.02. The summed E-state index contributed by atoms with van der Waals surface area (Å²) in [7, 11) is 0. The number of nitrogens with zero attached hydrogens (tertiary/aromatic N) is 2. The highest BCUT2D eigenvalue weighted by molar-refractivity contribution is 6.30. The molecule has 0 spiro atoms. The van der Waals surface area contributed by atoms with Gasteiger partial charge >= 0.3 is 12.4 Å². The standard InChI is InChI=1S/C20H12ClF6N3/c21-16-5-1-3-12(7-16)18-13(4-2-6-28)11-30(29-18)17-9-14(19(22,23)24)8-15(10-17)20(25,26)27/h1-5,7-11,18,29H/b4-2+. The Hall–Kier alpha value is -2.96. The number of alkyl halides is 6. The zero-order valence-corrected chi connectivity index (χ0v) is 15.6. The van der Waals surface area contributed by atoms with E-state index >= 15 is 0 Å². The smallest absolute Gasteiger partial charge is 0.283 e. The molecule has 0 aromatic heterocycles. The summed E-state index contributed by atoms with van der Waals surface area (Å²) in [6.45, 7) is 0. The van der Waals surface area contributed by atoms with Crippen molar-refractivity contribution in [1.82, 2.24) is 5.43 Å². The Morgan fingerprint density at radius 1 is 1.00 bits per heavy atom. The molecule has 0 amide bonds. The van der Waals surface area contributed by atoms with Crippen molar-refractivity contribution >= 4 is 17.3 Å². The first-order chi connectivity index (χ1) is 14.0. The Morgan fingerprint density at radius 3 is 2.17 bits per heavy atom. The summed E-state index contributed by atoms with van der Waals surface area (Å²) in [5.41, 5.74) is 0.703. The Bertz CT molecular complexity index is 1020. The van der Waals surface area contributed by atoms with Gasteiger partial charge in [-0.15, -0.1) is 0 Å². The van der Waals surface area contributed by atoms with Crippen molar-refractivity contribution in [3.05, 3.63) is 88.1 Å². The molecule has 30 heavy (non-hydrogen) atoms. The van der Waals surface area contributed by atoms with Crippen LogP contribution in [-0.2, 0) is 12.4 Å². The highest BCUT2D eigenvalue weighted by Gasteiger charge is 2.38. The maximum atomic E-state index is 13.2. The minimum absolute atomic E-state index is 0.0637. The molecule has 2 aromatic rings. The maximum absolute atomic E-state index is 13.2. The average molecular weight is 444 g/mol. The van der Waals surface area contributed by atoms with Gasteiger partial charge in [-0.1, -0.05) is 23.7 Å². The van der Waals surface area contributed by atoms with E-state index < -0.39 is 29.5 Å². The van der Waals surface area contributed by atoms with Gasteiger partial charge < -0.3 is 0 Å². The molecule has 1 atom stereocenters. The van der Waals surface area contributed by atoms with Crippen molar-refractivity contribution < 1.29 is 26.3 Å². The van der Waals surface area contributed by atoms with Gasteiger partial charge in [-0.3, -0.25) is 5.01 Å². The second kappa shape index (κ2) is 8.05. The fourth-order valence-corrected chi connectivity index (χ4v) is 3.13. The summed E-state index contributed by atoms with van der Waals surface area (Å²) in [4.78, 5) is 0. The predicted octanol–water partition coefficient (Wildman–Crippen LogP) is 6.41. The third-order valence-electron chi connectivity index (χ3n) is 4.26. The van der Waals surface area contributed by atoms with E-state index in [4.69, 9.17) is 16.9 Å². The third kappa shape index (κ3) is 4.78. The normalized spacial score (nSPS) is 17.3. The summed E-state index contributed by atoms with van der Waals surface area (Å²) < 4.78 is 79.0. The van der Waals surface area contributed by atoms with Crippen molar-refractivity contribution in [3.63, 3.8) is 0 Å². The van der Waals surface area contributed by atoms with E-state index in [0.717, 1.165) is 11.1 Å². The van der Waals surface area contributed by atoms with E-state index in [0.29, 0.717) is 28.3 Å². The van der Waals surface area contributed by atoms with Crippen LogP contribution in [0.1, 0.15) is 22.7 Å². The SMILES string of the molecule is N#C/C=C/C1=CN(c2cc(C(F)(F)F)cc(C(F)(F)F)c2)NC1c1cccc(Cl)c1. The summed E-state index contributed by atoms with van der Waals surface area (Å²) in [6.07, 6.45) is -6.03. The molecule has 0 bridgehead atoms. The first-order valence-corrected chi connectivity index (χ1v) is 8.75. The maximum Gasteiger partial charge on any atom is 0.416 e. The van der Waals surface area contributed by atoms with Gasteiger partial charge in [0.2, 0.25) is 0 Å². The first kappa shape index (κ1) is 21.7. The molecule has 10 heteroatoms. The fourth-order valence-electron chi connectivity index (χ4n) is 2.93. The number of nitrogens with one attached hydrogen (secondary N) is 1. The van der Waals surface area contributed by atoms with Crippen LogP contribution in [0.25, 0.3) is 0 Å². The van der Waals surface area contributed by atoms with Gasteiger partial charge in [-0.05, 0) is 47.5 Å². The van der Waals surface area contributed by atoms with E-state index in [1.165, 1.54) is 12.3 Å². The van der Waals surface area contributed by atoms with Gasteiger partial charge in [0.25, 0.3) is 0 Å². The minimum Gasteiger partial charge on any atom is -0.283 e. The molecule has 3 nitrogen and oxygen atoms in total. The molecular formula is C20H12ClF6N3. The van der Waals surface area contributed by atoms with Crippen molar-refractivity contribution in [2.75, 3.05) is 5.01 Å². The molecule has 156 valence electrons. The third-order valence-corrected chi connectivity index (χ3v) is 4.50. The second-order valence-electron chi connectivity index (χ2n) is 6.34. The van der Waals surface area contributed by atoms with Crippen LogP contribution in [0.5, 0.6) is 0 Å². The molecule has 1 unspecified atom stereocenters. The Balaban J connectivity index is 2.08. The van der Waals surface area contributed by atoms with E-state index in [-0.39, 0.29) is 11.8 Å². The van der Waals surface area contributed by atoms with E-state index in [2.05, 4.69) is 5.43 Å². The minimum atomic E-state index is -4.96. The molecule has 0 saturated carbocycles. The number of anilines is 1. The van der Waals surface area contributed by atoms with Gasteiger partial charge in [-0.25, -0.2) is 5.43 Å². The zero-order chi connectivity index (χ0) is 22.1. The highest BCUT2D eigenvalue weighted by atomic mass is 35.5. The number of hydrazine groups is 1. The van der Waals surface area contributed by atoms with Gasteiger partial charge in [0, 0.05) is 17.3 Å². The summed E-state index contributed by atoms with van der Waals surface area (Å²) in [5.74, 6) is 0. The van der Waals surface area contributed by atoms with Gasteiger partial charge in [-0.2, -0.15) is 31.6 Å². The number of nitriles is 1. The van der Waals surface area contributed by atoms with Crippen LogP contribution in [0.15, 0.2) is 66.4 Å². The number of halogens is 7. The first-order valence-electron chi connectivity index (χ1n) is 8.37. The lowest BCUT2D eigenvalue weighted by Crippen LogP contribution is -2.31. The molecule has 0 fully saturated rings. The lowest BCUT2D eigenvalue weighted by Gasteiger charge is -2.23. The van der Waals surface area contributed by atoms with Crippen molar-refractivity contribution in [2.24, 2.45) is 0 Å². The monoisotopic (exact) mass is 443 g/mol. The molecule has 2 aromatic carbocycles. The van der Waals surface area contributed by atoms with Crippen LogP contribution in [0, 0.1) is 11.3 Å². The summed E-state index contributed by atoms with van der Waals surface area (Å²) >= 11 is 5.99. The van der Waals surface area contributed by atoms with E-state index in [1.807, 2.05) is 0 Å². The van der Waals surface area contributed by atoms with Gasteiger partial charge in [0.1, 0.15) is 0 Å². The predicted molar refractivity (Wildman–Crippen MR) is 99.1 cm³/mol. The Morgan fingerprint density at radius 2 is 1.63 bits per heavy atom. The topological polar surface area (TPSA) is 39.1 Å². The van der Waals surface area contributed by atoms with Gasteiger partial charge in [0.15, 0.2) is 0 Å². The second-order valence-corrected chi connectivity index (χ2v) is 6.78. The molecule has 1 aliphatic rings. The van der Waals surface area contributed by atoms with Crippen LogP contribution in [0.4, 0.5) is 32.0 Å². The number of hydrogen-bond acceptors (Lipinski definition) is 3. The van der Waals surface area contributed by atoms with Crippen LogP contribution >= 0.6 is 11.6 Å². The number of benzene rings is 2. The average Bonchev–Trinajstić information content (AvgIpc) is 3.09.